The molecule has 0 radical (unpaired) electrons. The van der Waals surface area contributed by atoms with Crippen molar-refractivity contribution in [2.24, 2.45) is 11.7 Å². The minimum Gasteiger partial charge on any atom is -0.446 e. The highest BCUT2D eigenvalue weighted by Gasteiger charge is 2.42. The van der Waals surface area contributed by atoms with Crippen molar-refractivity contribution in [3.63, 3.8) is 0 Å². The molecule has 5 rings (SSSR count). The van der Waals surface area contributed by atoms with E-state index in [1.165, 1.54) is 6.07 Å². The molecule has 1 heterocycles. The maximum atomic E-state index is 15.0. The van der Waals surface area contributed by atoms with E-state index in [1.807, 2.05) is 42.5 Å². The third-order valence-corrected chi connectivity index (χ3v) is 7.57. The number of aromatic nitrogens is 1. The minimum absolute atomic E-state index is 0.0812. The Morgan fingerprint density at radius 3 is 2.45 bits per heavy atom. The number of nitrogens with two attached hydrogens (primary N) is 1. The fraction of sp³-hybridized carbons (Fsp3) is 0.367. The monoisotopic (exact) mass is 516 g/mol. The number of carbonyl (C=O) groups excluding carboxylic acids is 2. The van der Waals surface area contributed by atoms with Gasteiger partial charge in [0.25, 0.3) is 0 Å². The lowest BCUT2D eigenvalue weighted by molar-refractivity contribution is -0.117. The molecule has 0 spiro atoms. The topological polar surface area (TPSA) is 106 Å². The molecule has 0 saturated heterocycles. The fourth-order valence-electron chi connectivity index (χ4n) is 5.21. The quantitative estimate of drug-likeness (QED) is 0.371. The van der Waals surface area contributed by atoms with Crippen LogP contribution >= 0.6 is 0 Å². The summed E-state index contributed by atoms with van der Waals surface area (Å²) >= 11 is 0. The maximum Gasteiger partial charge on any atom is 0.407 e. The molecule has 2 amide bonds. The van der Waals surface area contributed by atoms with Gasteiger partial charge in [0, 0.05) is 35.7 Å². The standard InChI is InChI=1S/C30H33FN4O3/c1-33-29(37)38-23-10-7-19(8-11-23)15-27(36)35-22-17-24(20-5-3-2-4-6-20)28(34-18-22)21-9-12-25(26(31)16-21)30(32)13-14-30/h2-6,9,12,16-19,23H,7-8,10-11,13-15,32H2,1H3,(H,33,37)(H,35,36)/t19-,23-. The molecule has 0 aliphatic heterocycles. The number of hydrogen-bond acceptors (Lipinski definition) is 5. The van der Waals surface area contributed by atoms with E-state index in [2.05, 4.69) is 15.6 Å². The van der Waals surface area contributed by atoms with Crippen molar-refractivity contribution in [2.75, 3.05) is 12.4 Å². The summed E-state index contributed by atoms with van der Waals surface area (Å²) in [5, 5.41) is 5.46. The first-order chi connectivity index (χ1) is 18.3. The fourth-order valence-corrected chi connectivity index (χ4v) is 5.21. The molecule has 2 saturated carbocycles. The Bertz CT molecular complexity index is 1320. The normalized spacial score (nSPS) is 19.9. The van der Waals surface area contributed by atoms with E-state index in [1.54, 1.807) is 19.3 Å². The van der Waals surface area contributed by atoms with Gasteiger partial charge in [-0.05, 0) is 62.1 Å². The third kappa shape index (κ3) is 5.86. The number of ether oxygens (including phenoxy) is 1. The van der Waals surface area contributed by atoms with E-state index >= 15 is 0 Å². The summed E-state index contributed by atoms with van der Waals surface area (Å²) in [4.78, 5) is 29.0. The van der Waals surface area contributed by atoms with Gasteiger partial charge in [-0.15, -0.1) is 0 Å². The molecule has 2 aliphatic rings. The van der Waals surface area contributed by atoms with Gasteiger partial charge in [0.1, 0.15) is 11.9 Å². The van der Waals surface area contributed by atoms with Crippen LogP contribution in [-0.4, -0.2) is 30.1 Å². The zero-order valence-corrected chi connectivity index (χ0v) is 21.5. The number of hydrogen-bond donors (Lipinski definition) is 3. The number of anilines is 1. The maximum absolute atomic E-state index is 15.0. The van der Waals surface area contributed by atoms with Gasteiger partial charge in [-0.25, -0.2) is 9.18 Å². The highest BCUT2D eigenvalue weighted by Crippen LogP contribution is 2.44. The van der Waals surface area contributed by atoms with Crippen molar-refractivity contribution in [3.05, 3.63) is 72.2 Å². The Labute approximate surface area is 222 Å². The first-order valence-electron chi connectivity index (χ1n) is 13.2. The molecule has 2 aromatic carbocycles. The second-order valence-electron chi connectivity index (χ2n) is 10.4. The Hall–Kier alpha value is -3.78. The van der Waals surface area contributed by atoms with E-state index in [9.17, 15) is 14.0 Å². The molecule has 8 heteroatoms. The van der Waals surface area contributed by atoms with Crippen LogP contribution in [0.4, 0.5) is 14.9 Å². The van der Waals surface area contributed by atoms with E-state index in [0.29, 0.717) is 28.9 Å². The summed E-state index contributed by atoms with van der Waals surface area (Å²) in [5.74, 6) is -0.169. The lowest BCUT2D eigenvalue weighted by atomic mass is 9.85. The molecule has 1 aromatic heterocycles. The van der Waals surface area contributed by atoms with Crippen molar-refractivity contribution < 1.29 is 18.7 Å². The summed E-state index contributed by atoms with van der Waals surface area (Å²) in [6, 6.07) is 16.8. The second kappa shape index (κ2) is 10.9. The summed E-state index contributed by atoms with van der Waals surface area (Å²) in [7, 11) is 1.54. The van der Waals surface area contributed by atoms with E-state index in [-0.39, 0.29) is 23.7 Å². The zero-order valence-electron chi connectivity index (χ0n) is 21.5. The molecule has 38 heavy (non-hydrogen) atoms. The van der Waals surface area contributed by atoms with Gasteiger partial charge in [0.15, 0.2) is 0 Å². The SMILES string of the molecule is CNC(=O)O[C@H]1CC[C@H](CC(=O)Nc2cnc(-c3ccc(C4(N)CC4)c(F)c3)c(-c3ccccc3)c2)CC1. The number of benzene rings is 2. The van der Waals surface area contributed by atoms with Crippen LogP contribution in [0.15, 0.2) is 60.8 Å². The smallest absolute Gasteiger partial charge is 0.407 e. The number of halogens is 1. The molecule has 0 unspecified atom stereocenters. The first-order valence-corrected chi connectivity index (χ1v) is 13.2. The van der Waals surface area contributed by atoms with Crippen LogP contribution < -0.4 is 16.4 Å². The summed E-state index contributed by atoms with van der Waals surface area (Å²) < 4.78 is 20.3. The first kappa shape index (κ1) is 25.9. The molecule has 2 fully saturated rings. The zero-order chi connectivity index (χ0) is 26.7. The Morgan fingerprint density at radius 1 is 1.05 bits per heavy atom. The van der Waals surface area contributed by atoms with Gasteiger partial charge >= 0.3 is 6.09 Å². The highest BCUT2D eigenvalue weighted by atomic mass is 19.1. The predicted molar refractivity (Wildman–Crippen MR) is 145 cm³/mol. The van der Waals surface area contributed by atoms with Crippen molar-refractivity contribution in [1.82, 2.24) is 10.3 Å². The van der Waals surface area contributed by atoms with Gasteiger partial charge in [0.2, 0.25) is 5.91 Å². The lowest BCUT2D eigenvalue weighted by Gasteiger charge is -2.27. The Balaban J connectivity index is 1.31. The number of pyridine rings is 1. The molecule has 4 N–H and O–H groups in total. The summed E-state index contributed by atoms with van der Waals surface area (Å²) in [6.45, 7) is 0. The molecule has 7 nitrogen and oxygen atoms in total. The van der Waals surface area contributed by atoms with Gasteiger partial charge in [-0.3, -0.25) is 9.78 Å². The number of alkyl carbamates (subject to hydrolysis) is 1. The Morgan fingerprint density at radius 2 is 1.79 bits per heavy atom. The van der Waals surface area contributed by atoms with Crippen molar-refractivity contribution in [2.45, 2.75) is 56.6 Å². The predicted octanol–water partition coefficient (Wildman–Crippen LogP) is 5.75. The molecular formula is C30H33FN4O3. The van der Waals surface area contributed by atoms with Crippen LogP contribution in [0.25, 0.3) is 22.4 Å². The van der Waals surface area contributed by atoms with Crippen LogP contribution in [0.2, 0.25) is 0 Å². The summed E-state index contributed by atoms with van der Waals surface area (Å²) in [6.07, 6.45) is 6.22. The van der Waals surface area contributed by atoms with Crippen LogP contribution in [0.1, 0.15) is 50.5 Å². The van der Waals surface area contributed by atoms with Crippen LogP contribution in [0.3, 0.4) is 0 Å². The molecular weight excluding hydrogens is 483 g/mol. The van der Waals surface area contributed by atoms with Crippen LogP contribution in [0, 0.1) is 11.7 Å². The number of nitrogens with zero attached hydrogens (tertiary/aromatic N) is 1. The van der Waals surface area contributed by atoms with Crippen molar-refractivity contribution >= 4 is 17.7 Å². The average molecular weight is 517 g/mol. The van der Waals surface area contributed by atoms with Gasteiger partial charge in [-0.2, -0.15) is 0 Å². The molecule has 2 aliphatic carbocycles. The molecule has 0 atom stereocenters. The molecule has 3 aromatic rings. The number of rotatable bonds is 7. The van der Waals surface area contributed by atoms with E-state index < -0.39 is 11.6 Å². The second-order valence-corrected chi connectivity index (χ2v) is 10.4. The largest absolute Gasteiger partial charge is 0.446 e. The van der Waals surface area contributed by atoms with Crippen molar-refractivity contribution in [1.29, 1.82) is 0 Å². The van der Waals surface area contributed by atoms with Crippen LogP contribution in [-0.2, 0) is 15.1 Å². The lowest BCUT2D eigenvalue weighted by Crippen LogP contribution is -2.30. The highest BCUT2D eigenvalue weighted by molar-refractivity contribution is 5.93. The van der Waals surface area contributed by atoms with Crippen molar-refractivity contribution in [3.8, 4) is 22.4 Å². The molecule has 198 valence electrons. The average Bonchev–Trinajstić information content (AvgIpc) is 3.68. The summed E-state index contributed by atoms with van der Waals surface area (Å²) in [5.41, 5.74) is 9.81. The Kier molecular flexibility index (Phi) is 7.42. The van der Waals surface area contributed by atoms with Crippen LogP contribution in [0.5, 0.6) is 0 Å². The number of nitrogens with one attached hydrogen (secondary N) is 2. The minimum atomic E-state index is -0.553. The number of carbonyl (C=O) groups is 2. The van der Waals surface area contributed by atoms with E-state index in [4.69, 9.17) is 10.5 Å². The number of amides is 2. The molecule has 0 bridgehead atoms. The van der Waals surface area contributed by atoms with Gasteiger partial charge in [-0.1, -0.05) is 42.5 Å². The van der Waals surface area contributed by atoms with E-state index in [0.717, 1.165) is 49.7 Å². The third-order valence-electron chi connectivity index (χ3n) is 7.57. The van der Waals surface area contributed by atoms with Gasteiger partial charge < -0.3 is 21.1 Å². The van der Waals surface area contributed by atoms with Gasteiger partial charge in [0.05, 0.1) is 17.6 Å².